The average Bonchev–Trinajstić information content (AvgIpc) is 3.31. The van der Waals surface area contributed by atoms with Crippen LogP contribution in [0.3, 0.4) is 0 Å². The molecule has 4 saturated heterocycles. The molecule has 4 aromatic rings. The molecule has 4 aliphatic heterocycles. The molecule has 0 saturated carbocycles. The smallest absolute Gasteiger partial charge is 0.684 e. The summed E-state index contributed by atoms with van der Waals surface area (Å²) in [5, 5.41) is 33.7. The van der Waals surface area contributed by atoms with E-state index in [1.807, 2.05) is 56.4 Å². The third-order valence-corrected chi connectivity index (χ3v) is 11.1. The molecule has 476 valence electrons. The molecular formula is C56H66Cl4N12O12W4-2. The van der Waals surface area contributed by atoms with Crippen LogP contribution in [0.25, 0.3) is 10.6 Å². The van der Waals surface area contributed by atoms with E-state index in [0.29, 0.717) is 27.9 Å². The number of rotatable bonds is 8. The van der Waals surface area contributed by atoms with Crippen LogP contribution in [-0.4, -0.2) is 151 Å². The summed E-state index contributed by atoms with van der Waals surface area (Å²) < 4.78 is 0. The summed E-state index contributed by atoms with van der Waals surface area (Å²) in [6.45, 7) is 0. The minimum absolute atomic E-state index is 0. The number of piperidine rings is 4. The molecule has 10 N–H and O–H groups in total. The van der Waals surface area contributed by atoms with Crippen LogP contribution in [0.5, 0.6) is 0 Å². The predicted molar refractivity (Wildman–Crippen MR) is 316 cm³/mol. The Hall–Kier alpha value is -4.93. The number of nitrogens with one attached hydrogen (secondary N) is 10. The van der Waals surface area contributed by atoms with Crippen molar-refractivity contribution < 1.29 is 142 Å². The van der Waals surface area contributed by atoms with Gasteiger partial charge < -0.3 is 61.7 Å². The van der Waals surface area contributed by atoms with Crippen molar-refractivity contribution in [2.75, 3.05) is 56.4 Å². The Bertz CT molecular complexity index is 2800. The topological polar surface area (TPSA) is 353 Å². The molecule has 4 unspecified atom stereocenters. The molecular weight excluding hydrogens is 1910 g/mol. The van der Waals surface area contributed by atoms with E-state index in [4.69, 9.17) is 46.4 Å². The first kappa shape index (κ1) is 89.5. The maximum Gasteiger partial charge on any atom is 2.00 e. The number of hydrogen-bond donors (Lipinski definition) is 10. The van der Waals surface area contributed by atoms with Crippen molar-refractivity contribution in [1.29, 1.82) is 0 Å². The van der Waals surface area contributed by atoms with Gasteiger partial charge in [-0.3, -0.25) is 59.6 Å². The van der Waals surface area contributed by atoms with Crippen molar-refractivity contribution >= 4 is 117 Å². The predicted octanol–water partition coefficient (Wildman–Crippen LogP) is 3.60. The van der Waals surface area contributed by atoms with Gasteiger partial charge in [-0.15, -0.1) is 155 Å². The zero-order valence-corrected chi connectivity index (χ0v) is 63.6. The van der Waals surface area contributed by atoms with Gasteiger partial charge in [0, 0.05) is 67.8 Å². The zero-order valence-electron chi connectivity index (χ0n) is 48.8. The van der Waals surface area contributed by atoms with E-state index < -0.39 is 71.4 Å². The molecule has 0 spiro atoms. The molecule has 4 aromatic carbocycles. The van der Waals surface area contributed by atoms with Crippen LogP contribution in [0.15, 0.2) is 72.8 Å². The molecule has 12 amide bonds. The van der Waals surface area contributed by atoms with Crippen LogP contribution < -0.4 is 53.2 Å². The van der Waals surface area contributed by atoms with Crippen molar-refractivity contribution in [2.45, 2.75) is 75.5 Å². The van der Waals surface area contributed by atoms with Gasteiger partial charge in [0.25, 0.3) is 0 Å². The first-order valence-electron chi connectivity index (χ1n) is 25.4. The number of carbonyl (C=O) groups is 12. The van der Waals surface area contributed by atoms with Gasteiger partial charge in [-0.1, -0.05) is 11.1 Å². The van der Waals surface area contributed by atoms with E-state index in [2.05, 4.69) is 88.1 Å². The molecule has 4 fully saturated rings. The largest absolute Gasteiger partial charge is 2.00 e. The quantitative estimate of drug-likeness (QED) is 0.0890. The number of benzene rings is 4. The van der Waals surface area contributed by atoms with Crippen LogP contribution in [0.2, 0.25) is 20.1 Å². The molecule has 0 radical (unpaired) electrons. The van der Waals surface area contributed by atoms with E-state index in [-0.39, 0.29) is 174 Å². The van der Waals surface area contributed by atoms with Crippen molar-refractivity contribution in [2.24, 2.45) is 0 Å². The van der Waals surface area contributed by atoms with Gasteiger partial charge >= 0.3 is 42.1 Å². The summed E-state index contributed by atoms with van der Waals surface area (Å²) >= 11 is 23.0. The number of halogens is 4. The van der Waals surface area contributed by atoms with E-state index in [1.54, 1.807) is 42.5 Å². The summed E-state index contributed by atoms with van der Waals surface area (Å²) in [6.07, 6.45) is 1.90. The van der Waals surface area contributed by atoms with Gasteiger partial charge in [0.05, 0.1) is 0 Å². The van der Waals surface area contributed by atoms with Crippen molar-refractivity contribution in [3.8, 4) is 0 Å². The maximum atomic E-state index is 11.9. The van der Waals surface area contributed by atoms with E-state index in [9.17, 15) is 57.5 Å². The summed E-state index contributed by atoms with van der Waals surface area (Å²) in [5.41, 5.74) is 0.882. The Labute approximate surface area is 589 Å². The van der Waals surface area contributed by atoms with E-state index in [1.165, 1.54) is 30.3 Å². The molecule has 0 aliphatic carbocycles. The minimum Gasteiger partial charge on any atom is -0.684 e. The van der Waals surface area contributed by atoms with Crippen LogP contribution >= 0.6 is 46.4 Å². The van der Waals surface area contributed by atoms with Crippen molar-refractivity contribution in [3.63, 3.8) is 0 Å². The fourth-order valence-electron chi connectivity index (χ4n) is 6.43. The van der Waals surface area contributed by atoms with E-state index >= 15 is 0 Å². The number of amides is 12. The van der Waals surface area contributed by atoms with Gasteiger partial charge in [0.2, 0.25) is 47.3 Å². The molecule has 88 heavy (non-hydrogen) atoms. The molecule has 4 aliphatic rings. The van der Waals surface area contributed by atoms with Crippen LogP contribution in [0.4, 0.5) is 0 Å². The van der Waals surface area contributed by atoms with Crippen LogP contribution in [0.1, 0.15) is 92.8 Å². The first-order valence-corrected chi connectivity index (χ1v) is 26.9. The Morgan fingerprint density at radius 3 is 1.31 bits per heavy atom. The molecule has 4 heterocycles. The first-order chi connectivity index (χ1) is 39.9. The maximum absolute atomic E-state index is 11.9. The monoisotopic (exact) mass is 1970 g/mol. The Balaban J connectivity index is -0.000000496. The molecule has 24 nitrogen and oxygen atoms in total. The summed E-state index contributed by atoms with van der Waals surface area (Å²) in [4.78, 5) is 137. The van der Waals surface area contributed by atoms with Crippen molar-refractivity contribution in [1.82, 2.24) is 53.2 Å². The second-order valence-electron chi connectivity index (χ2n) is 17.4. The molecule has 8 rings (SSSR count). The summed E-state index contributed by atoms with van der Waals surface area (Å²) in [6, 6.07) is 26.3. The minimum atomic E-state index is -0.817. The standard InChI is InChI=1S/4C12H10ClN2O3.4C2H7N.4W/c13-8-3-1-7(2-4-8)11(17)14-9-5-6-10(16)15-12(9)18;2*13-8-3-1-2-7(6-8)11(17)14-9-4-5-10(16)15-12(9)18;13-8-4-2-1-3-7(8)11(17)14-9-5-6-10(16)15-12(9)18;4*1-3-2;;;;/h1,3-4,9H,5-6H2,(H2,14,15,16,17,18);1,3,6,9H,4-5H2,(H,14,17)(H,15,16,18);1-3,9H,4-5H2,(H2,14,15,16,17,18);1-2,4,9H,5-6H2,(H,14,17)(H,15,16,18);4*3H,1-2H3;;;;/q4*-1;;;;;;;2*+2/p-2. The van der Waals surface area contributed by atoms with Gasteiger partial charge in [-0.25, -0.2) is 0 Å². The average molecular weight is 1980 g/mol. The fraction of sp³-hybridized carbons (Fsp3) is 0.357. The third kappa shape index (κ3) is 36.1. The second-order valence-corrected chi connectivity index (χ2v) is 19.1. The summed E-state index contributed by atoms with van der Waals surface area (Å²) in [5.74, 6) is -5.39. The Kier molecular flexibility index (Phi) is 51.6. The molecule has 0 aromatic heterocycles. The zero-order chi connectivity index (χ0) is 63.3. The Morgan fingerprint density at radius 2 is 0.909 bits per heavy atom. The number of nitrogens with zero attached hydrogens (tertiary/aromatic N) is 2. The van der Waals surface area contributed by atoms with Crippen LogP contribution in [0, 0.1) is 24.3 Å². The number of imide groups is 4. The molecule has 0 bridgehead atoms. The fourth-order valence-corrected chi connectivity index (χ4v) is 7.10. The van der Waals surface area contributed by atoms with Gasteiger partial charge in [-0.05, 0) is 126 Å². The van der Waals surface area contributed by atoms with Gasteiger partial charge in [-0.2, -0.15) is 0 Å². The normalized spacial score (nSPS) is 16.6. The van der Waals surface area contributed by atoms with Gasteiger partial charge in [0.1, 0.15) is 12.1 Å². The van der Waals surface area contributed by atoms with Crippen molar-refractivity contribution in [3.05, 3.63) is 150 Å². The summed E-state index contributed by atoms with van der Waals surface area (Å²) in [7, 11) is 15.0. The number of carbonyl (C=O) groups excluding carboxylic acids is 12. The SMILES string of the molecule is CNC.CNC.CNC.CNC.O=C1CCC(NC(=O)c2[c-]ccc(Cl)c2)C(=O)N1.O=C1CCC(NC(=O)c2[c-]cccc2Cl)C(=O)N1.O=C1CCC([N-]C(=O)c2[c-]c(Cl)ccc2)C(=O)N1.O=C1CCC([N-]C(=O)c2[c-]cc(Cl)cc2)C(=O)N1.[W+2].[W+2].[W].[W]. The third-order valence-electron chi connectivity index (χ3n) is 10.1. The molecule has 4 atom stereocenters. The van der Waals surface area contributed by atoms with E-state index in [0.717, 1.165) is 0 Å². The second kappa shape index (κ2) is 50.8. The van der Waals surface area contributed by atoms with Crippen LogP contribution in [-0.2, 0) is 123 Å². The van der Waals surface area contributed by atoms with Gasteiger partial charge in [0.15, 0.2) is 11.8 Å². The number of hydrogen-bond acceptors (Lipinski definition) is 16. The Morgan fingerprint density at radius 1 is 0.477 bits per heavy atom. The molecule has 32 heteroatoms.